The first-order chi connectivity index (χ1) is 21.4. The van der Waals surface area contributed by atoms with Crippen LogP contribution in [0.3, 0.4) is 0 Å². The van der Waals surface area contributed by atoms with Crippen molar-refractivity contribution in [3.05, 3.63) is 65.2 Å². The Hall–Kier alpha value is -4.45. The number of likely N-dealkylation sites (tertiary alicyclic amines) is 1. The van der Waals surface area contributed by atoms with E-state index in [0.717, 1.165) is 74.6 Å². The minimum atomic E-state index is -5.08. The summed E-state index contributed by atoms with van der Waals surface area (Å²) < 4.78 is 63.9. The number of amides is 3. The standard InChI is InChI=1S/C28H31F2N5O3.C2HF3O2/c29-23-8-7-20(14-24(23)30)26-18-38-28(37)35(26)27(36)32-16-19-4-3-11-34(17-19)22-9-12-33(13-10-22)25-6-2-1-5-21(25)15-31;3-2(4,5)1(6)7/h1-2,5-8,14,19,22,26H,3-4,9-13,16-18H2,(H,32,36);(H,6,7). The van der Waals surface area contributed by atoms with Crippen LogP contribution >= 0.6 is 0 Å². The molecule has 2 aromatic rings. The Balaban J connectivity index is 0.000000591. The number of carbonyl (C=O) groups excluding carboxylic acids is 2. The van der Waals surface area contributed by atoms with E-state index in [-0.39, 0.29) is 12.5 Å². The Bertz CT molecular complexity index is 1430. The number of para-hydroxylation sites is 1. The number of piperidine rings is 2. The normalized spacial score (nSPS) is 20.9. The molecule has 5 rings (SSSR count). The second-order valence-corrected chi connectivity index (χ2v) is 11.0. The van der Waals surface area contributed by atoms with E-state index in [0.29, 0.717) is 23.7 Å². The average Bonchev–Trinajstić information content (AvgIpc) is 3.42. The smallest absolute Gasteiger partial charge is 0.475 e. The van der Waals surface area contributed by atoms with Crippen LogP contribution in [0, 0.1) is 28.9 Å². The Labute approximate surface area is 255 Å². The molecule has 0 aromatic heterocycles. The van der Waals surface area contributed by atoms with E-state index in [1.165, 1.54) is 6.07 Å². The Morgan fingerprint density at radius 3 is 2.38 bits per heavy atom. The van der Waals surface area contributed by atoms with Crippen molar-refractivity contribution in [2.24, 2.45) is 5.92 Å². The molecule has 2 unspecified atom stereocenters. The molecule has 0 radical (unpaired) electrons. The maximum Gasteiger partial charge on any atom is 0.490 e. The van der Waals surface area contributed by atoms with Gasteiger partial charge in [-0.1, -0.05) is 18.2 Å². The van der Waals surface area contributed by atoms with Gasteiger partial charge in [0.25, 0.3) is 0 Å². The van der Waals surface area contributed by atoms with Crippen LogP contribution in [0.2, 0.25) is 0 Å². The number of alkyl halides is 3. The quantitative estimate of drug-likeness (QED) is 0.437. The lowest BCUT2D eigenvalue weighted by molar-refractivity contribution is -0.192. The summed E-state index contributed by atoms with van der Waals surface area (Å²) >= 11 is 0. The molecule has 3 saturated heterocycles. The predicted octanol–water partition coefficient (Wildman–Crippen LogP) is 5.05. The van der Waals surface area contributed by atoms with Crippen molar-refractivity contribution in [2.75, 3.05) is 44.2 Å². The highest BCUT2D eigenvalue weighted by Gasteiger charge is 2.40. The molecule has 2 atom stereocenters. The van der Waals surface area contributed by atoms with Crippen LogP contribution in [0.25, 0.3) is 0 Å². The van der Waals surface area contributed by atoms with Crippen LogP contribution in [0.1, 0.15) is 42.9 Å². The highest BCUT2D eigenvalue weighted by Crippen LogP contribution is 2.30. The minimum absolute atomic E-state index is 0.105. The summed E-state index contributed by atoms with van der Waals surface area (Å²) in [6, 6.07) is 12.4. The van der Waals surface area contributed by atoms with E-state index < -0.39 is 41.9 Å². The molecule has 2 aromatic carbocycles. The van der Waals surface area contributed by atoms with Gasteiger partial charge in [-0.3, -0.25) is 4.90 Å². The monoisotopic (exact) mass is 637 g/mol. The summed E-state index contributed by atoms with van der Waals surface area (Å²) in [6.45, 7) is 3.97. The van der Waals surface area contributed by atoms with Gasteiger partial charge in [0.15, 0.2) is 11.6 Å². The molecule has 2 N–H and O–H groups in total. The van der Waals surface area contributed by atoms with Crippen molar-refractivity contribution in [1.82, 2.24) is 15.1 Å². The molecule has 3 fully saturated rings. The van der Waals surface area contributed by atoms with Crippen molar-refractivity contribution in [3.63, 3.8) is 0 Å². The van der Waals surface area contributed by atoms with Crippen molar-refractivity contribution in [1.29, 1.82) is 5.26 Å². The van der Waals surface area contributed by atoms with E-state index in [1.54, 1.807) is 0 Å². The summed E-state index contributed by atoms with van der Waals surface area (Å²) in [4.78, 5) is 39.9. The van der Waals surface area contributed by atoms with E-state index in [1.807, 2.05) is 24.3 Å². The molecule has 45 heavy (non-hydrogen) atoms. The number of carboxylic acids is 1. The third-order valence-electron chi connectivity index (χ3n) is 8.10. The van der Waals surface area contributed by atoms with Crippen LogP contribution in [-0.4, -0.2) is 84.5 Å². The molecule has 3 aliphatic rings. The van der Waals surface area contributed by atoms with E-state index in [2.05, 4.69) is 21.2 Å². The molecule has 10 nitrogen and oxygen atoms in total. The lowest BCUT2D eigenvalue weighted by Crippen LogP contribution is -2.51. The number of cyclic esters (lactones) is 1. The van der Waals surface area contributed by atoms with Gasteiger partial charge in [-0.25, -0.2) is 28.1 Å². The number of nitrogens with one attached hydrogen (secondary N) is 1. The second kappa shape index (κ2) is 14.6. The summed E-state index contributed by atoms with van der Waals surface area (Å²) in [5, 5.41) is 19.4. The van der Waals surface area contributed by atoms with Gasteiger partial charge < -0.3 is 20.1 Å². The number of rotatable bonds is 5. The highest BCUT2D eigenvalue weighted by molar-refractivity contribution is 5.92. The summed E-state index contributed by atoms with van der Waals surface area (Å²) in [7, 11) is 0. The Morgan fingerprint density at radius 1 is 1.04 bits per heavy atom. The molecule has 3 heterocycles. The number of hydrogen-bond donors (Lipinski definition) is 2. The number of carbonyl (C=O) groups is 3. The zero-order chi connectivity index (χ0) is 32.7. The Kier molecular flexibility index (Phi) is 10.8. The first-order valence-electron chi connectivity index (χ1n) is 14.4. The average molecular weight is 638 g/mol. The zero-order valence-corrected chi connectivity index (χ0v) is 24.1. The summed E-state index contributed by atoms with van der Waals surface area (Å²) in [5.74, 6) is -4.54. The number of halogens is 5. The van der Waals surface area contributed by atoms with Crippen LogP contribution in [0.5, 0.6) is 0 Å². The molecule has 0 spiro atoms. The number of hydrogen-bond acceptors (Lipinski definition) is 7. The van der Waals surface area contributed by atoms with Crippen molar-refractivity contribution >= 4 is 23.8 Å². The van der Waals surface area contributed by atoms with Crippen molar-refractivity contribution in [2.45, 2.75) is 43.9 Å². The lowest BCUT2D eigenvalue weighted by Gasteiger charge is -2.43. The molecule has 3 amide bonds. The molecule has 3 aliphatic heterocycles. The summed E-state index contributed by atoms with van der Waals surface area (Å²) in [6.07, 6.45) is -1.86. The molecule has 15 heteroatoms. The van der Waals surface area contributed by atoms with Gasteiger partial charge >= 0.3 is 24.3 Å². The fourth-order valence-corrected chi connectivity index (χ4v) is 5.84. The van der Waals surface area contributed by atoms with Crippen LogP contribution in [0.15, 0.2) is 42.5 Å². The molecule has 0 saturated carbocycles. The SMILES string of the molecule is N#Cc1ccccc1N1CCC(N2CCCC(CNC(=O)N3C(=O)OCC3c3ccc(F)c(F)c3)C2)CC1.O=C(O)C(F)(F)F. The topological polar surface area (TPSA) is 126 Å². The number of aliphatic carboxylic acids is 1. The molecule has 0 bridgehead atoms. The molecule has 242 valence electrons. The van der Waals surface area contributed by atoms with Gasteiger partial charge in [0.1, 0.15) is 18.7 Å². The lowest BCUT2D eigenvalue weighted by atomic mass is 9.93. The fraction of sp³-hybridized carbons (Fsp3) is 0.467. The first kappa shape index (κ1) is 33.4. The van der Waals surface area contributed by atoms with Gasteiger partial charge in [0.05, 0.1) is 11.3 Å². The molecular formula is C30H32F5N5O5. The maximum atomic E-state index is 13.7. The Morgan fingerprint density at radius 2 is 1.73 bits per heavy atom. The van der Waals surface area contributed by atoms with Gasteiger partial charge in [-0.2, -0.15) is 18.4 Å². The summed E-state index contributed by atoms with van der Waals surface area (Å²) in [5.41, 5.74) is 2.00. The number of carboxylic acid groups (broad SMARTS) is 1. The number of anilines is 1. The second-order valence-electron chi connectivity index (χ2n) is 11.0. The number of nitrogens with zero attached hydrogens (tertiary/aromatic N) is 4. The number of nitriles is 1. The number of benzene rings is 2. The van der Waals surface area contributed by atoms with Crippen LogP contribution < -0.4 is 10.2 Å². The number of ether oxygens (including phenoxy) is 1. The van der Waals surface area contributed by atoms with Crippen LogP contribution in [0.4, 0.5) is 37.2 Å². The van der Waals surface area contributed by atoms with Gasteiger partial charge in [-0.05, 0) is 68.0 Å². The van der Waals surface area contributed by atoms with Crippen molar-refractivity contribution in [3.8, 4) is 6.07 Å². The third-order valence-corrected chi connectivity index (χ3v) is 8.10. The van der Waals surface area contributed by atoms with Crippen molar-refractivity contribution < 1.29 is 46.2 Å². The van der Waals surface area contributed by atoms with Gasteiger partial charge in [-0.15, -0.1) is 0 Å². The van der Waals surface area contributed by atoms with Gasteiger partial charge in [0.2, 0.25) is 0 Å². The van der Waals surface area contributed by atoms with E-state index >= 15 is 0 Å². The van der Waals surface area contributed by atoms with E-state index in [4.69, 9.17) is 14.6 Å². The largest absolute Gasteiger partial charge is 0.490 e. The maximum absolute atomic E-state index is 13.7. The predicted molar refractivity (Wildman–Crippen MR) is 150 cm³/mol. The number of imide groups is 1. The number of urea groups is 1. The van der Waals surface area contributed by atoms with Crippen LogP contribution in [-0.2, 0) is 9.53 Å². The zero-order valence-electron chi connectivity index (χ0n) is 24.1. The fourth-order valence-electron chi connectivity index (χ4n) is 5.84. The molecular weight excluding hydrogens is 605 g/mol. The first-order valence-corrected chi connectivity index (χ1v) is 14.4. The molecule has 0 aliphatic carbocycles. The van der Waals surface area contributed by atoms with Gasteiger partial charge in [0, 0.05) is 32.2 Å². The minimum Gasteiger partial charge on any atom is -0.475 e. The highest BCUT2D eigenvalue weighted by atomic mass is 19.4. The third kappa shape index (κ3) is 8.39. The van der Waals surface area contributed by atoms with E-state index in [9.17, 15) is 36.8 Å².